The maximum absolute atomic E-state index is 14.0. The summed E-state index contributed by atoms with van der Waals surface area (Å²) < 4.78 is 21.2. The third kappa shape index (κ3) is 5.76. The van der Waals surface area contributed by atoms with E-state index in [4.69, 9.17) is 4.74 Å². The lowest BCUT2D eigenvalue weighted by molar-refractivity contribution is 0.0333. The summed E-state index contributed by atoms with van der Waals surface area (Å²) in [4.78, 5) is 2.19. The normalized spacial score (nSPS) is 12.4. The highest BCUT2D eigenvalue weighted by Gasteiger charge is 2.15. The van der Waals surface area contributed by atoms with Crippen molar-refractivity contribution in [1.29, 1.82) is 0 Å². The summed E-state index contributed by atoms with van der Waals surface area (Å²) in [5.74, 6) is -0.196. The molecule has 5 heteroatoms. The van der Waals surface area contributed by atoms with Gasteiger partial charge in [-0.25, -0.2) is 4.39 Å². The molecular formula is C23H27FN2O2. The van der Waals surface area contributed by atoms with E-state index in [0.717, 1.165) is 5.69 Å². The zero-order valence-electron chi connectivity index (χ0n) is 16.2. The van der Waals surface area contributed by atoms with Crippen molar-refractivity contribution in [3.05, 3.63) is 95.6 Å². The summed E-state index contributed by atoms with van der Waals surface area (Å²) in [7, 11) is 1.59. The van der Waals surface area contributed by atoms with Crippen molar-refractivity contribution in [2.75, 3.05) is 20.3 Å². The molecule has 1 unspecified atom stereocenters. The van der Waals surface area contributed by atoms with Crippen LogP contribution in [0.15, 0.2) is 72.9 Å². The smallest absolute Gasteiger partial charge is 0.128 e. The quantitative estimate of drug-likeness (QED) is 0.581. The number of nitrogens with zero attached hydrogens (tertiary/aromatic N) is 2. The third-order valence-corrected chi connectivity index (χ3v) is 4.68. The Morgan fingerprint density at radius 3 is 2.50 bits per heavy atom. The molecule has 0 aliphatic heterocycles. The first-order valence-electron chi connectivity index (χ1n) is 9.46. The lowest BCUT2D eigenvalue weighted by Gasteiger charge is -2.26. The predicted molar refractivity (Wildman–Crippen MR) is 108 cm³/mol. The van der Waals surface area contributed by atoms with Crippen molar-refractivity contribution >= 4 is 0 Å². The lowest BCUT2D eigenvalue weighted by Crippen LogP contribution is -2.34. The number of aliphatic hydroxyl groups is 1. The maximum Gasteiger partial charge on any atom is 0.128 e. The fourth-order valence-corrected chi connectivity index (χ4v) is 3.36. The molecule has 3 rings (SSSR count). The maximum atomic E-state index is 14.0. The van der Waals surface area contributed by atoms with Crippen LogP contribution in [0.1, 0.15) is 16.8 Å². The van der Waals surface area contributed by atoms with Crippen molar-refractivity contribution < 1.29 is 14.2 Å². The average Bonchev–Trinajstić information content (AvgIpc) is 3.11. The number of hydrogen-bond acceptors (Lipinski definition) is 3. The Kier molecular flexibility index (Phi) is 7.37. The van der Waals surface area contributed by atoms with Gasteiger partial charge >= 0.3 is 0 Å². The molecule has 0 spiro atoms. The van der Waals surface area contributed by atoms with Gasteiger partial charge in [-0.2, -0.15) is 0 Å². The van der Waals surface area contributed by atoms with Crippen LogP contribution in [0.25, 0.3) is 0 Å². The zero-order chi connectivity index (χ0) is 19.8. The number of aliphatic hydroxyl groups excluding tert-OH is 1. The van der Waals surface area contributed by atoms with Gasteiger partial charge in [0.15, 0.2) is 0 Å². The Labute approximate surface area is 165 Å². The average molecular weight is 382 g/mol. The van der Waals surface area contributed by atoms with Crippen LogP contribution in [-0.2, 0) is 24.4 Å². The van der Waals surface area contributed by atoms with E-state index in [9.17, 15) is 9.50 Å². The first-order chi connectivity index (χ1) is 13.7. The lowest BCUT2D eigenvalue weighted by atomic mass is 10.2. The Hall–Kier alpha value is -2.47. The van der Waals surface area contributed by atoms with Crippen LogP contribution in [0.5, 0.6) is 0 Å². The van der Waals surface area contributed by atoms with Gasteiger partial charge in [0.25, 0.3) is 0 Å². The molecule has 0 aliphatic rings. The Morgan fingerprint density at radius 1 is 1.00 bits per heavy atom. The highest BCUT2D eigenvalue weighted by Crippen LogP contribution is 2.15. The van der Waals surface area contributed by atoms with Crippen LogP contribution in [-0.4, -0.2) is 40.9 Å². The highest BCUT2D eigenvalue weighted by atomic mass is 19.1. The highest BCUT2D eigenvalue weighted by molar-refractivity contribution is 5.20. The molecular weight excluding hydrogens is 355 g/mol. The fraction of sp³-hybridized carbons (Fsp3) is 0.304. The zero-order valence-corrected chi connectivity index (χ0v) is 16.2. The van der Waals surface area contributed by atoms with E-state index in [2.05, 4.69) is 21.6 Å². The minimum atomic E-state index is -0.566. The minimum absolute atomic E-state index is 0.196. The number of halogens is 1. The number of methoxy groups -OCH3 is 1. The summed E-state index contributed by atoms with van der Waals surface area (Å²) in [6, 6.07) is 21.0. The van der Waals surface area contributed by atoms with E-state index in [1.54, 1.807) is 13.2 Å². The number of ether oxygens (including phenoxy) is 1. The third-order valence-electron chi connectivity index (χ3n) is 4.68. The van der Waals surface area contributed by atoms with Crippen LogP contribution in [0.2, 0.25) is 0 Å². The van der Waals surface area contributed by atoms with Crippen molar-refractivity contribution in [1.82, 2.24) is 9.47 Å². The van der Waals surface area contributed by atoms with Gasteiger partial charge in [-0.1, -0.05) is 48.5 Å². The van der Waals surface area contributed by atoms with Crippen molar-refractivity contribution in [2.45, 2.75) is 25.7 Å². The first kappa shape index (κ1) is 20.3. The first-order valence-corrected chi connectivity index (χ1v) is 9.46. The summed E-state index contributed by atoms with van der Waals surface area (Å²) in [6.45, 7) is 2.63. The van der Waals surface area contributed by atoms with Crippen LogP contribution < -0.4 is 0 Å². The van der Waals surface area contributed by atoms with Crippen molar-refractivity contribution in [3.8, 4) is 0 Å². The number of aromatic nitrogens is 1. The summed E-state index contributed by atoms with van der Waals surface area (Å²) in [5, 5.41) is 10.2. The molecule has 4 nitrogen and oxygen atoms in total. The fourth-order valence-electron chi connectivity index (χ4n) is 3.36. The van der Waals surface area contributed by atoms with E-state index in [-0.39, 0.29) is 5.82 Å². The van der Waals surface area contributed by atoms with E-state index in [1.165, 1.54) is 11.6 Å². The van der Waals surface area contributed by atoms with E-state index < -0.39 is 6.10 Å². The second-order valence-electron chi connectivity index (χ2n) is 6.98. The molecule has 2 aromatic carbocycles. The van der Waals surface area contributed by atoms with Gasteiger partial charge in [-0.15, -0.1) is 0 Å². The van der Waals surface area contributed by atoms with Crippen molar-refractivity contribution in [2.24, 2.45) is 0 Å². The van der Waals surface area contributed by atoms with Gasteiger partial charge in [0.1, 0.15) is 5.82 Å². The van der Waals surface area contributed by atoms with Gasteiger partial charge in [-0.05, 0) is 23.8 Å². The molecule has 0 amide bonds. The molecule has 0 aliphatic carbocycles. The molecule has 0 saturated heterocycles. The molecule has 0 radical (unpaired) electrons. The molecule has 1 aromatic heterocycles. The Bertz CT molecular complexity index is 851. The number of rotatable bonds is 10. The summed E-state index contributed by atoms with van der Waals surface area (Å²) in [5.41, 5.74) is 2.91. The van der Waals surface area contributed by atoms with Gasteiger partial charge in [0.2, 0.25) is 0 Å². The van der Waals surface area contributed by atoms with Gasteiger partial charge < -0.3 is 14.4 Å². The second-order valence-corrected chi connectivity index (χ2v) is 6.98. The second kappa shape index (κ2) is 10.2. The summed E-state index contributed by atoms with van der Waals surface area (Å²) >= 11 is 0. The molecule has 3 aromatic rings. The molecule has 1 heterocycles. The topological polar surface area (TPSA) is 37.6 Å². The molecule has 1 atom stereocenters. The predicted octanol–water partition coefficient (Wildman–Crippen LogP) is 3.69. The van der Waals surface area contributed by atoms with E-state index in [1.807, 2.05) is 48.7 Å². The minimum Gasteiger partial charge on any atom is -0.389 e. The number of hydrogen-bond donors (Lipinski definition) is 1. The molecule has 0 saturated carbocycles. The van der Waals surface area contributed by atoms with Crippen LogP contribution >= 0.6 is 0 Å². The molecule has 28 heavy (non-hydrogen) atoms. The Balaban J connectivity index is 1.75. The monoisotopic (exact) mass is 382 g/mol. The van der Waals surface area contributed by atoms with E-state index in [0.29, 0.717) is 38.3 Å². The van der Waals surface area contributed by atoms with Gasteiger partial charge in [-0.3, -0.25) is 4.90 Å². The SMILES string of the molecule is COCC(O)CN(Cc1ccccc1)Cc1cccn1Cc1ccccc1F. The van der Waals surface area contributed by atoms with Crippen LogP contribution in [0.3, 0.4) is 0 Å². The van der Waals surface area contributed by atoms with Crippen molar-refractivity contribution in [3.63, 3.8) is 0 Å². The Morgan fingerprint density at radius 2 is 1.75 bits per heavy atom. The van der Waals surface area contributed by atoms with E-state index >= 15 is 0 Å². The van der Waals surface area contributed by atoms with Gasteiger partial charge in [0, 0.05) is 44.2 Å². The van der Waals surface area contributed by atoms with Crippen LogP contribution in [0, 0.1) is 5.82 Å². The van der Waals surface area contributed by atoms with Gasteiger partial charge in [0.05, 0.1) is 19.3 Å². The standard InChI is InChI=1S/C23H27FN2O2/c1-28-18-22(27)17-25(14-19-8-3-2-4-9-19)16-21-11-7-13-26(21)15-20-10-5-6-12-23(20)24/h2-13,22,27H,14-18H2,1H3. The molecule has 148 valence electrons. The van der Waals surface area contributed by atoms with Crippen LogP contribution in [0.4, 0.5) is 4.39 Å². The largest absolute Gasteiger partial charge is 0.389 e. The molecule has 0 fully saturated rings. The summed E-state index contributed by atoms with van der Waals surface area (Å²) in [6.07, 6.45) is 1.40. The molecule has 0 bridgehead atoms. The molecule has 1 N–H and O–H groups in total. The number of benzene rings is 2.